The highest BCUT2D eigenvalue weighted by Gasteiger charge is 2.06. The highest BCUT2D eigenvalue weighted by molar-refractivity contribution is 5.45. The van der Waals surface area contributed by atoms with Crippen molar-refractivity contribution in [3.05, 3.63) is 28.2 Å². The van der Waals surface area contributed by atoms with Gasteiger partial charge in [-0.2, -0.15) is 0 Å². The summed E-state index contributed by atoms with van der Waals surface area (Å²) in [4.78, 5) is 11.4. The van der Waals surface area contributed by atoms with Crippen LogP contribution in [0.15, 0.2) is 17.1 Å². The zero-order valence-corrected chi connectivity index (χ0v) is 8.37. The van der Waals surface area contributed by atoms with E-state index in [1.165, 1.54) is 0 Å². The van der Waals surface area contributed by atoms with Gasteiger partial charge >= 0.3 is 0 Å². The molecule has 0 radical (unpaired) electrons. The molecule has 0 aliphatic rings. The molecule has 0 bridgehead atoms. The molecule has 0 aliphatic carbocycles. The number of hydrogen-bond acceptors (Lipinski definition) is 2. The topological polar surface area (TPSA) is 48.0 Å². The quantitative estimate of drug-likeness (QED) is 0.751. The second-order valence-corrected chi connectivity index (χ2v) is 3.46. The first-order valence-corrected chi connectivity index (χ1v) is 4.56. The number of nitrogens with zero attached hydrogens (tertiary/aromatic N) is 1. The van der Waals surface area contributed by atoms with Crippen LogP contribution >= 0.6 is 0 Å². The average molecular weight is 180 g/mol. The second kappa shape index (κ2) is 3.64. The molecule has 0 fully saturated rings. The molecule has 1 aromatic rings. The number of aryl methyl sites for hydroxylation is 1. The third-order valence-corrected chi connectivity index (χ3v) is 2.15. The Kier molecular flexibility index (Phi) is 2.76. The Morgan fingerprint density at radius 1 is 1.54 bits per heavy atom. The van der Waals surface area contributed by atoms with Gasteiger partial charge in [-0.15, -0.1) is 0 Å². The average Bonchev–Trinajstić information content (AvgIpc) is 2.07. The summed E-state index contributed by atoms with van der Waals surface area (Å²) in [7, 11) is 0. The highest BCUT2D eigenvalue weighted by atomic mass is 16.1. The lowest BCUT2D eigenvalue weighted by Crippen LogP contribution is -2.20. The first-order valence-electron chi connectivity index (χ1n) is 4.56. The molecule has 0 saturated carbocycles. The van der Waals surface area contributed by atoms with Gasteiger partial charge in [0.15, 0.2) is 0 Å². The zero-order chi connectivity index (χ0) is 10.0. The molecule has 1 heterocycles. The predicted octanol–water partition coefficient (Wildman–Crippen LogP) is 1.57. The zero-order valence-electron chi connectivity index (χ0n) is 8.37. The highest BCUT2D eigenvalue weighted by Crippen LogP contribution is 2.18. The minimum atomic E-state index is 0.0281. The number of pyridine rings is 1. The normalized spacial score (nSPS) is 10.8. The van der Waals surface area contributed by atoms with E-state index >= 15 is 0 Å². The lowest BCUT2D eigenvalue weighted by atomic mass is 10.0. The molecule has 0 spiro atoms. The van der Waals surface area contributed by atoms with Crippen molar-refractivity contribution in [1.82, 2.24) is 4.57 Å². The monoisotopic (exact) mass is 180 g/mol. The van der Waals surface area contributed by atoms with E-state index < -0.39 is 0 Å². The van der Waals surface area contributed by atoms with Crippen LogP contribution in [0.5, 0.6) is 0 Å². The number of nitrogen functional groups attached to an aromatic ring is 1. The maximum absolute atomic E-state index is 11.4. The first-order chi connectivity index (χ1) is 6.06. The molecular weight excluding hydrogens is 164 g/mol. The fraction of sp³-hybridized carbons (Fsp3) is 0.500. The minimum absolute atomic E-state index is 0.0281. The molecule has 0 atom stereocenters. The molecule has 0 aliphatic heterocycles. The van der Waals surface area contributed by atoms with Crippen LogP contribution < -0.4 is 11.3 Å². The summed E-state index contributed by atoms with van der Waals surface area (Å²) in [6, 6.07) is 1.63. The van der Waals surface area contributed by atoms with Crippen molar-refractivity contribution in [3.8, 4) is 0 Å². The summed E-state index contributed by atoms with van der Waals surface area (Å²) in [5.74, 6) is 0.305. The number of aromatic nitrogens is 1. The van der Waals surface area contributed by atoms with Crippen LogP contribution in [0.25, 0.3) is 0 Å². The van der Waals surface area contributed by atoms with Crippen molar-refractivity contribution in [2.24, 2.45) is 0 Å². The molecular formula is C10H16N2O. The molecule has 3 heteroatoms. The Bertz CT molecular complexity index is 352. The lowest BCUT2D eigenvalue weighted by Gasteiger charge is -2.10. The van der Waals surface area contributed by atoms with Crippen LogP contribution in [0.4, 0.5) is 5.69 Å². The molecule has 2 N–H and O–H groups in total. The van der Waals surface area contributed by atoms with Gasteiger partial charge in [0.1, 0.15) is 0 Å². The van der Waals surface area contributed by atoms with Crippen LogP contribution in [0.2, 0.25) is 0 Å². The van der Waals surface area contributed by atoms with Crippen molar-refractivity contribution in [2.75, 3.05) is 5.73 Å². The van der Waals surface area contributed by atoms with Crippen molar-refractivity contribution >= 4 is 5.69 Å². The molecule has 0 saturated heterocycles. The fourth-order valence-corrected chi connectivity index (χ4v) is 1.35. The van der Waals surface area contributed by atoms with Gasteiger partial charge in [-0.25, -0.2) is 0 Å². The van der Waals surface area contributed by atoms with Crippen LogP contribution in [0.3, 0.4) is 0 Å². The Morgan fingerprint density at radius 3 is 2.62 bits per heavy atom. The van der Waals surface area contributed by atoms with E-state index in [2.05, 4.69) is 0 Å². The number of anilines is 1. The van der Waals surface area contributed by atoms with Crippen LogP contribution in [0, 0.1) is 0 Å². The summed E-state index contributed by atoms with van der Waals surface area (Å²) < 4.78 is 1.61. The van der Waals surface area contributed by atoms with Crippen molar-refractivity contribution in [3.63, 3.8) is 0 Å². The Balaban J connectivity index is 3.29. The van der Waals surface area contributed by atoms with Gasteiger partial charge in [-0.3, -0.25) is 4.79 Å². The van der Waals surface area contributed by atoms with Crippen LogP contribution in [-0.4, -0.2) is 4.57 Å². The molecule has 13 heavy (non-hydrogen) atoms. The van der Waals surface area contributed by atoms with E-state index in [9.17, 15) is 4.79 Å². The van der Waals surface area contributed by atoms with Crippen LogP contribution in [0.1, 0.15) is 32.3 Å². The van der Waals surface area contributed by atoms with Gasteiger partial charge in [-0.1, -0.05) is 13.8 Å². The standard InChI is InChI=1S/C10H16N2O/c1-4-12-6-9(11)8(7(2)3)5-10(12)13/h5-7H,4,11H2,1-3H3. The molecule has 0 aromatic carbocycles. The summed E-state index contributed by atoms with van der Waals surface area (Å²) >= 11 is 0. The van der Waals surface area contributed by atoms with E-state index in [4.69, 9.17) is 5.73 Å². The molecule has 72 valence electrons. The lowest BCUT2D eigenvalue weighted by molar-refractivity contribution is 0.720. The first kappa shape index (κ1) is 9.84. The number of nitrogens with two attached hydrogens (primary N) is 1. The van der Waals surface area contributed by atoms with Gasteiger partial charge in [0, 0.05) is 18.8 Å². The Hall–Kier alpha value is -1.25. The summed E-state index contributed by atoms with van der Waals surface area (Å²) in [6.45, 7) is 6.65. The maximum Gasteiger partial charge on any atom is 0.250 e. The van der Waals surface area contributed by atoms with E-state index in [-0.39, 0.29) is 5.56 Å². The van der Waals surface area contributed by atoms with Crippen molar-refractivity contribution in [2.45, 2.75) is 33.2 Å². The SMILES string of the molecule is CCn1cc(N)c(C(C)C)cc1=O. The van der Waals surface area contributed by atoms with Gasteiger partial charge in [-0.05, 0) is 18.4 Å². The third kappa shape index (κ3) is 1.91. The summed E-state index contributed by atoms with van der Waals surface area (Å²) in [6.07, 6.45) is 1.72. The number of rotatable bonds is 2. The van der Waals surface area contributed by atoms with E-state index in [0.29, 0.717) is 18.2 Å². The Morgan fingerprint density at radius 2 is 2.15 bits per heavy atom. The summed E-state index contributed by atoms with van der Waals surface area (Å²) in [5, 5.41) is 0. The molecule has 0 amide bonds. The van der Waals surface area contributed by atoms with Gasteiger partial charge in [0.05, 0.1) is 5.69 Å². The molecule has 1 rings (SSSR count). The smallest absolute Gasteiger partial charge is 0.250 e. The third-order valence-electron chi connectivity index (χ3n) is 2.15. The van der Waals surface area contributed by atoms with Crippen molar-refractivity contribution < 1.29 is 0 Å². The van der Waals surface area contributed by atoms with Crippen molar-refractivity contribution in [1.29, 1.82) is 0 Å². The largest absolute Gasteiger partial charge is 0.397 e. The van der Waals surface area contributed by atoms with E-state index in [1.807, 2.05) is 20.8 Å². The fourth-order valence-electron chi connectivity index (χ4n) is 1.35. The maximum atomic E-state index is 11.4. The molecule has 0 unspecified atom stereocenters. The van der Waals surface area contributed by atoms with Gasteiger partial charge in [0.25, 0.3) is 5.56 Å². The van der Waals surface area contributed by atoms with E-state index in [1.54, 1.807) is 16.8 Å². The number of hydrogen-bond donors (Lipinski definition) is 1. The van der Waals surface area contributed by atoms with Crippen LogP contribution in [-0.2, 0) is 6.54 Å². The molecule has 3 nitrogen and oxygen atoms in total. The Labute approximate surface area is 78.2 Å². The molecule has 1 aromatic heterocycles. The minimum Gasteiger partial charge on any atom is -0.397 e. The van der Waals surface area contributed by atoms with Gasteiger partial charge < -0.3 is 10.3 Å². The second-order valence-electron chi connectivity index (χ2n) is 3.46. The predicted molar refractivity (Wildman–Crippen MR) is 54.9 cm³/mol. The summed E-state index contributed by atoms with van der Waals surface area (Å²) in [5.41, 5.74) is 7.48. The van der Waals surface area contributed by atoms with E-state index in [0.717, 1.165) is 5.56 Å². The van der Waals surface area contributed by atoms with Gasteiger partial charge in [0.2, 0.25) is 0 Å².